The van der Waals surface area contributed by atoms with Gasteiger partial charge in [-0.3, -0.25) is 4.79 Å². The minimum atomic E-state index is -0.994. The number of carbonyl (C=O) groups excluding carboxylic acids is 1. The average Bonchev–Trinajstić information content (AvgIpc) is 2.30. The third kappa shape index (κ3) is 1.99. The average molecular weight is 234 g/mol. The molecule has 3 atom stereocenters. The van der Waals surface area contributed by atoms with Crippen molar-refractivity contribution in [1.82, 2.24) is 0 Å². The number of hydrogen-bond acceptors (Lipinski definition) is 2. The van der Waals surface area contributed by atoms with Crippen LogP contribution in [0.1, 0.15) is 45.4 Å². The molecule has 0 aromatic heterocycles. The first kappa shape index (κ1) is 12.6. The minimum absolute atomic E-state index is 0.269. The quantitative estimate of drug-likeness (QED) is 0.453. The van der Waals surface area contributed by atoms with E-state index < -0.39 is 5.60 Å². The number of aliphatic hydroxyl groups is 1. The van der Waals surface area contributed by atoms with Gasteiger partial charge in [-0.1, -0.05) is 25.7 Å². The Morgan fingerprint density at radius 1 is 1.47 bits per heavy atom. The van der Waals surface area contributed by atoms with E-state index in [4.69, 9.17) is 0 Å². The third-order valence-corrected chi connectivity index (χ3v) is 4.97. The first-order valence-corrected chi connectivity index (χ1v) is 6.46. The van der Waals surface area contributed by atoms with Gasteiger partial charge in [-0.2, -0.15) is 0 Å². The second kappa shape index (κ2) is 4.09. The van der Waals surface area contributed by atoms with Gasteiger partial charge in [-0.25, -0.2) is 0 Å². The molecule has 0 aliphatic heterocycles. The zero-order valence-corrected chi connectivity index (χ0v) is 10.7. The molecule has 0 bridgehead atoms. The van der Waals surface area contributed by atoms with Gasteiger partial charge in [0.1, 0.15) is 6.29 Å². The van der Waals surface area contributed by atoms with E-state index in [0.717, 1.165) is 12.8 Å². The predicted molar refractivity (Wildman–Crippen MR) is 68.6 cm³/mol. The van der Waals surface area contributed by atoms with Crippen molar-refractivity contribution in [3.63, 3.8) is 0 Å². The fourth-order valence-corrected chi connectivity index (χ4v) is 3.58. The van der Waals surface area contributed by atoms with Crippen LogP contribution in [0.15, 0.2) is 24.3 Å². The van der Waals surface area contributed by atoms with Crippen LogP contribution >= 0.6 is 0 Å². The highest BCUT2D eigenvalue weighted by molar-refractivity contribution is 5.75. The lowest BCUT2D eigenvalue weighted by atomic mass is 9.55. The Morgan fingerprint density at radius 2 is 2.18 bits per heavy atom. The summed E-state index contributed by atoms with van der Waals surface area (Å²) in [5.41, 5.74) is 0.852. The highest BCUT2D eigenvalue weighted by Gasteiger charge is 2.48. The molecule has 1 N–H and O–H groups in total. The Balaban J connectivity index is 2.25. The molecule has 0 unspecified atom stereocenters. The van der Waals surface area contributed by atoms with E-state index in [-0.39, 0.29) is 5.41 Å². The van der Waals surface area contributed by atoms with Crippen molar-refractivity contribution in [1.29, 1.82) is 0 Å². The number of aldehydes is 1. The second-order valence-corrected chi connectivity index (χ2v) is 6.10. The van der Waals surface area contributed by atoms with Crippen molar-refractivity contribution in [2.75, 3.05) is 0 Å². The lowest BCUT2D eigenvalue weighted by molar-refractivity contribution is -0.109. The van der Waals surface area contributed by atoms with Gasteiger partial charge in [0.25, 0.3) is 0 Å². The molecule has 94 valence electrons. The van der Waals surface area contributed by atoms with Crippen molar-refractivity contribution < 1.29 is 9.90 Å². The van der Waals surface area contributed by atoms with Gasteiger partial charge in [-0.15, -0.1) is 0 Å². The molecule has 0 heterocycles. The molecule has 0 spiro atoms. The first-order chi connectivity index (χ1) is 7.91. The molecule has 2 heteroatoms. The molecule has 0 aromatic carbocycles. The number of hydrogen-bond donors (Lipinski definition) is 1. The van der Waals surface area contributed by atoms with E-state index in [1.54, 1.807) is 0 Å². The number of carbonyl (C=O) groups is 1. The fourth-order valence-electron chi connectivity index (χ4n) is 3.58. The van der Waals surface area contributed by atoms with Gasteiger partial charge in [-0.05, 0) is 49.9 Å². The van der Waals surface area contributed by atoms with Crippen molar-refractivity contribution in [2.24, 2.45) is 11.3 Å². The van der Waals surface area contributed by atoms with E-state index in [2.05, 4.69) is 20.1 Å². The SMILES string of the molecule is C=C1CCC[C@]2(C)CC[C@@](O)(C(=C)C=O)C[C@H]12. The summed E-state index contributed by atoms with van der Waals surface area (Å²) in [5.74, 6) is 0.340. The second-order valence-electron chi connectivity index (χ2n) is 6.10. The van der Waals surface area contributed by atoms with Crippen LogP contribution in [0.2, 0.25) is 0 Å². The van der Waals surface area contributed by atoms with Crippen LogP contribution in [0.5, 0.6) is 0 Å². The summed E-state index contributed by atoms with van der Waals surface area (Å²) in [7, 11) is 0. The standard InChI is InChI=1S/C15H22O2/c1-11-5-4-6-14(3)7-8-15(17,9-13(11)14)12(2)10-16/h10,13,17H,1-2,4-9H2,3H3/t13-,14-,15+/m1/s1. The Morgan fingerprint density at radius 3 is 2.82 bits per heavy atom. The normalized spacial score (nSPS) is 41.8. The molecule has 0 aromatic rings. The van der Waals surface area contributed by atoms with Gasteiger partial charge in [0.05, 0.1) is 5.60 Å². The topological polar surface area (TPSA) is 37.3 Å². The fraction of sp³-hybridized carbons (Fsp3) is 0.667. The van der Waals surface area contributed by atoms with Crippen molar-refractivity contribution in [3.8, 4) is 0 Å². The Labute approximate surface area is 103 Å². The zero-order valence-electron chi connectivity index (χ0n) is 10.7. The summed E-state index contributed by atoms with van der Waals surface area (Å²) in [6, 6.07) is 0. The summed E-state index contributed by atoms with van der Waals surface area (Å²) in [5, 5.41) is 10.5. The van der Waals surface area contributed by atoms with Crippen LogP contribution < -0.4 is 0 Å². The summed E-state index contributed by atoms with van der Waals surface area (Å²) in [6.45, 7) is 10.2. The lowest BCUT2D eigenvalue weighted by Crippen LogP contribution is -2.47. The Kier molecular flexibility index (Phi) is 3.03. The molecular weight excluding hydrogens is 212 g/mol. The molecule has 2 rings (SSSR count). The minimum Gasteiger partial charge on any atom is -0.385 e. The molecule has 2 aliphatic carbocycles. The number of fused-ring (bicyclic) bond motifs is 1. The zero-order chi connectivity index (χ0) is 12.7. The predicted octanol–water partition coefficient (Wildman–Crippen LogP) is 3.02. The molecule has 0 saturated heterocycles. The van der Waals surface area contributed by atoms with Gasteiger partial charge in [0.2, 0.25) is 0 Å². The highest BCUT2D eigenvalue weighted by atomic mass is 16.3. The maximum atomic E-state index is 10.8. The van der Waals surface area contributed by atoms with Crippen LogP contribution in [-0.4, -0.2) is 17.0 Å². The summed E-state index contributed by atoms with van der Waals surface area (Å²) in [6.07, 6.45) is 6.42. The van der Waals surface area contributed by atoms with Gasteiger partial charge >= 0.3 is 0 Å². The molecule has 2 aliphatic rings. The maximum Gasteiger partial charge on any atom is 0.148 e. The van der Waals surface area contributed by atoms with Crippen LogP contribution in [0.25, 0.3) is 0 Å². The van der Waals surface area contributed by atoms with Crippen molar-refractivity contribution in [3.05, 3.63) is 24.3 Å². The van der Waals surface area contributed by atoms with E-state index in [1.165, 1.54) is 18.4 Å². The van der Waals surface area contributed by atoms with Gasteiger partial charge in [0.15, 0.2) is 0 Å². The molecule has 0 radical (unpaired) electrons. The van der Waals surface area contributed by atoms with E-state index in [1.807, 2.05) is 0 Å². The monoisotopic (exact) mass is 234 g/mol. The van der Waals surface area contributed by atoms with Crippen molar-refractivity contribution >= 4 is 6.29 Å². The summed E-state index contributed by atoms with van der Waals surface area (Å²) < 4.78 is 0. The highest BCUT2D eigenvalue weighted by Crippen LogP contribution is 2.55. The smallest absolute Gasteiger partial charge is 0.148 e. The Hall–Kier alpha value is -0.890. The van der Waals surface area contributed by atoms with E-state index >= 15 is 0 Å². The summed E-state index contributed by atoms with van der Waals surface area (Å²) in [4.78, 5) is 10.8. The van der Waals surface area contributed by atoms with Gasteiger partial charge in [0, 0.05) is 5.57 Å². The maximum absolute atomic E-state index is 10.8. The molecule has 2 fully saturated rings. The van der Waals surface area contributed by atoms with Crippen LogP contribution in [0.4, 0.5) is 0 Å². The molecule has 17 heavy (non-hydrogen) atoms. The largest absolute Gasteiger partial charge is 0.385 e. The summed E-state index contributed by atoms with van der Waals surface area (Å²) >= 11 is 0. The first-order valence-electron chi connectivity index (χ1n) is 6.46. The van der Waals surface area contributed by atoms with Crippen LogP contribution in [0, 0.1) is 11.3 Å². The lowest BCUT2D eigenvalue weighted by Gasteiger charge is -2.51. The number of rotatable bonds is 2. The van der Waals surface area contributed by atoms with Crippen molar-refractivity contribution in [2.45, 2.75) is 51.0 Å². The number of allylic oxidation sites excluding steroid dienone is 1. The van der Waals surface area contributed by atoms with Gasteiger partial charge < -0.3 is 5.11 Å². The molecular formula is C15H22O2. The third-order valence-electron chi connectivity index (χ3n) is 4.97. The van der Waals surface area contributed by atoms with Crippen LogP contribution in [-0.2, 0) is 4.79 Å². The molecule has 2 saturated carbocycles. The Bertz CT molecular complexity index is 371. The molecule has 2 nitrogen and oxygen atoms in total. The van der Waals surface area contributed by atoms with E-state index in [0.29, 0.717) is 30.6 Å². The molecule has 0 amide bonds. The van der Waals surface area contributed by atoms with E-state index in [9.17, 15) is 9.90 Å². The van der Waals surface area contributed by atoms with Crippen LogP contribution in [0.3, 0.4) is 0 Å².